The molecule has 5 heteroatoms. The SMILES string of the molecule is Fc1ccc(Br)c(F)c1CN1CCCNCC1. The average molecular weight is 305 g/mol. The van der Waals surface area contributed by atoms with Crippen LogP contribution in [0.25, 0.3) is 0 Å². The standard InChI is InChI=1S/C12H15BrF2N2/c13-10-2-3-11(14)9(12(10)15)8-17-6-1-4-16-5-7-17/h2-3,16H,1,4-8H2. The van der Waals surface area contributed by atoms with E-state index in [0.717, 1.165) is 32.6 Å². The van der Waals surface area contributed by atoms with Crippen LogP contribution in [-0.4, -0.2) is 31.1 Å². The fourth-order valence-corrected chi connectivity index (χ4v) is 2.37. The number of benzene rings is 1. The molecule has 1 aliphatic rings. The molecule has 0 bridgehead atoms. The highest BCUT2D eigenvalue weighted by Crippen LogP contribution is 2.23. The van der Waals surface area contributed by atoms with E-state index in [1.165, 1.54) is 12.1 Å². The van der Waals surface area contributed by atoms with Gasteiger partial charge in [-0.25, -0.2) is 8.78 Å². The Morgan fingerprint density at radius 2 is 2.06 bits per heavy atom. The van der Waals surface area contributed by atoms with Gasteiger partial charge in [0.25, 0.3) is 0 Å². The smallest absolute Gasteiger partial charge is 0.144 e. The van der Waals surface area contributed by atoms with Crippen LogP contribution in [0.3, 0.4) is 0 Å². The maximum atomic E-state index is 13.8. The summed E-state index contributed by atoms with van der Waals surface area (Å²) >= 11 is 3.09. The second kappa shape index (κ2) is 5.89. The van der Waals surface area contributed by atoms with Gasteiger partial charge >= 0.3 is 0 Å². The number of nitrogens with zero attached hydrogens (tertiary/aromatic N) is 1. The third-order valence-electron chi connectivity index (χ3n) is 2.95. The number of nitrogens with one attached hydrogen (secondary N) is 1. The Bertz CT molecular complexity index is 390. The van der Waals surface area contributed by atoms with Crippen LogP contribution in [0.1, 0.15) is 12.0 Å². The zero-order valence-electron chi connectivity index (χ0n) is 9.48. The molecule has 0 spiro atoms. The molecule has 1 aromatic carbocycles. The molecule has 1 N–H and O–H groups in total. The van der Waals surface area contributed by atoms with Crippen molar-refractivity contribution in [2.75, 3.05) is 26.2 Å². The Balaban J connectivity index is 2.14. The van der Waals surface area contributed by atoms with E-state index < -0.39 is 11.6 Å². The van der Waals surface area contributed by atoms with Crippen molar-refractivity contribution in [1.82, 2.24) is 10.2 Å². The van der Waals surface area contributed by atoms with Crippen molar-refractivity contribution in [2.45, 2.75) is 13.0 Å². The molecule has 0 saturated carbocycles. The predicted molar refractivity (Wildman–Crippen MR) is 66.8 cm³/mol. The van der Waals surface area contributed by atoms with Crippen LogP contribution in [-0.2, 0) is 6.54 Å². The maximum absolute atomic E-state index is 13.8. The molecule has 1 heterocycles. The van der Waals surface area contributed by atoms with Gasteiger partial charge in [0.1, 0.15) is 11.6 Å². The lowest BCUT2D eigenvalue weighted by Crippen LogP contribution is -2.28. The molecule has 1 saturated heterocycles. The van der Waals surface area contributed by atoms with Crippen LogP contribution in [0.2, 0.25) is 0 Å². The lowest BCUT2D eigenvalue weighted by atomic mass is 10.2. The summed E-state index contributed by atoms with van der Waals surface area (Å²) in [7, 11) is 0. The van der Waals surface area contributed by atoms with Crippen molar-refractivity contribution < 1.29 is 8.78 Å². The van der Waals surface area contributed by atoms with Gasteiger partial charge in [-0.15, -0.1) is 0 Å². The monoisotopic (exact) mass is 304 g/mol. The molecule has 0 amide bonds. The molecule has 1 fully saturated rings. The first-order valence-corrected chi connectivity index (χ1v) is 6.53. The minimum absolute atomic E-state index is 0.154. The zero-order chi connectivity index (χ0) is 12.3. The van der Waals surface area contributed by atoms with Gasteiger partial charge in [0.2, 0.25) is 0 Å². The van der Waals surface area contributed by atoms with Crippen LogP contribution < -0.4 is 5.32 Å². The summed E-state index contributed by atoms with van der Waals surface area (Å²) in [5, 5.41) is 3.27. The number of hydrogen-bond donors (Lipinski definition) is 1. The Kier molecular flexibility index (Phi) is 4.48. The first kappa shape index (κ1) is 12.9. The van der Waals surface area contributed by atoms with E-state index in [4.69, 9.17) is 0 Å². The zero-order valence-corrected chi connectivity index (χ0v) is 11.1. The van der Waals surface area contributed by atoms with Crippen LogP contribution in [0.5, 0.6) is 0 Å². The molecule has 0 unspecified atom stereocenters. The highest BCUT2D eigenvalue weighted by Gasteiger charge is 2.16. The van der Waals surface area contributed by atoms with Crippen molar-refractivity contribution >= 4 is 15.9 Å². The van der Waals surface area contributed by atoms with Crippen molar-refractivity contribution in [3.05, 3.63) is 33.8 Å². The van der Waals surface area contributed by atoms with Crippen LogP contribution in [0.4, 0.5) is 8.78 Å². The van der Waals surface area contributed by atoms with E-state index in [0.29, 0.717) is 11.0 Å². The highest BCUT2D eigenvalue weighted by atomic mass is 79.9. The van der Waals surface area contributed by atoms with Crippen LogP contribution >= 0.6 is 15.9 Å². The Morgan fingerprint density at radius 1 is 1.24 bits per heavy atom. The first-order chi connectivity index (χ1) is 8.18. The summed E-state index contributed by atoms with van der Waals surface area (Å²) in [5.41, 5.74) is 0.154. The third kappa shape index (κ3) is 3.24. The quantitative estimate of drug-likeness (QED) is 0.845. The maximum Gasteiger partial charge on any atom is 0.144 e. The lowest BCUT2D eigenvalue weighted by Gasteiger charge is -2.20. The minimum Gasteiger partial charge on any atom is -0.315 e. The Labute approximate surface area is 108 Å². The predicted octanol–water partition coefficient (Wildman–Crippen LogP) is 2.52. The lowest BCUT2D eigenvalue weighted by molar-refractivity contribution is 0.275. The van der Waals surface area contributed by atoms with Gasteiger partial charge in [0.05, 0.1) is 4.47 Å². The van der Waals surface area contributed by atoms with E-state index in [1.807, 2.05) is 0 Å². The molecule has 0 aromatic heterocycles. The van der Waals surface area contributed by atoms with E-state index >= 15 is 0 Å². The molecule has 1 aliphatic heterocycles. The summed E-state index contributed by atoms with van der Waals surface area (Å²) in [6.07, 6.45) is 1.01. The largest absolute Gasteiger partial charge is 0.315 e. The fraction of sp³-hybridized carbons (Fsp3) is 0.500. The molecule has 2 rings (SSSR count). The molecule has 2 nitrogen and oxygen atoms in total. The average Bonchev–Trinajstić information content (AvgIpc) is 2.58. The van der Waals surface area contributed by atoms with Crippen molar-refractivity contribution in [2.24, 2.45) is 0 Å². The van der Waals surface area contributed by atoms with Crippen molar-refractivity contribution in [3.8, 4) is 0 Å². The summed E-state index contributed by atoms with van der Waals surface area (Å²) < 4.78 is 27.7. The summed E-state index contributed by atoms with van der Waals surface area (Å²) in [6, 6.07) is 2.71. The van der Waals surface area contributed by atoms with Gasteiger partial charge in [-0.05, 0) is 47.6 Å². The molecule has 94 valence electrons. The molecule has 0 radical (unpaired) electrons. The second-order valence-electron chi connectivity index (χ2n) is 4.20. The van der Waals surface area contributed by atoms with Gasteiger partial charge in [-0.3, -0.25) is 4.90 Å². The Morgan fingerprint density at radius 3 is 2.88 bits per heavy atom. The molecule has 0 aliphatic carbocycles. The van der Waals surface area contributed by atoms with Gasteiger partial charge in [-0.2, -0.15) is 0 Å². The molecule has 17 heavy (non-hydrogen) atoms. The number of halogens is 3. The van der Waals surface area contributed by atoms with Gasteiger partial charge in [0, 0.05) is 25.2 Å². The molecular formula is C12H15BrF2N2. The van der Waals surface area contributed by atoms with Gasteiger partial charge < -0.3 is 5.32 Å². The molecule has 0 atom stereocenters. The Hall–Kier alpha value is -0.520. The van der Waals surface area contributed by atoms with E-state index in [-0.39, 0.29) is 5.56 Å². The van der Waals surface area contributed by atoms with E-state index in [1.54, 1.807) is 0 Å². The second-order valence-corrected chi connectivity index (χ2v) is 5.06. The summed E-state index contributed by atoms with van der Waals surface area (Å²) in [4.78, 5) is 2.08. The van der Waals surface area contributed by atoms with E-state index in [2.05, 4.69) is 26.1 Å². The van der Waals surface area contributed by atoms with Crippen molar-refractivity contribution in [1.29, 1.82) is 0 Å². The highest BCUT2D eigenvalue weighted by molar-refractivity contribution is 9.10. The number of rotatable bonds is 2. The third-order valence-corrected chi connectivity index (χ3v) is 3.57. The summed E-state index contributed by atoms with van der Waals surface area (Å²) in [5.74, 6) is -0.954. The summed E-state index contributed by atoms with van der Waals surface area (Å²) in [6.45, 7) is 3.87. The molecule has 1 aromatic rings. The van der Waals surface area contributed by atoms with Crippen LogP contribution in [0.15, 0.2) is 16.6 Å². The van der Waals surface area contributed by atoms with Gasteiger partial charge in [-0.1, -0.05) is 0 Å². The topological polar surface area (TPSA) is 15.3 Å². The van der Waals surface area contributed by atoms with Crippen molar-refractivity contribution in [3.63, 3.8) is 0 Å². The van der Waals surface area contributed by atoms with Gasteiger partial charge in [0.15, 0.2) is 0 Å². The normalized spacial score (nSPS) is 18.1. The van der Waals surface area contributed by atoms with Crippen LogP contribution in [0, 0.1) is 11.6 Å². The minimum atomic E-state index is -0.484. The van der Waals surface area contributed by atoms with E-state index in [9.17, 15) is 8.78 Å². The first-order valence-electron chi connectivity index (χ1n) is 5.74. The number of hydrogen-bond acceptors (Lipinski definition) is 2. The molecular weight excluding hydrogens is 290 g/mol. The fourth-order valence-electron chi connectivity index (χ4n) is 2.00.